The van der Waals surface area contributed by atoms with Gasteiger partial charge in [-0.3, -0.25) is 0 Å². The first kappa shape index (κ1) is 10.0. The van der Waals surface area contributed by atoms with Gasteiger partial charge >= 0.3 is 0 Å². The van der Waals surface area contributed by atoms with Gasteiger partial charge < -0.3 is 10.1 Å². The molecule has 3 nitrogen and oxygen atoms in total. The van der Waals surface area contributed by atoms with Crippen LogP contribution in [-0.4, -0.2) is 19.3 Å². The van der Waals surface area contributed by atoms with Crippen LogP contribution in [0.1, 0.15) is 17.5 Å². The Labute approximate surface area is 89.7 Å². The molecule has 1 aromatic rings. The minimum atomic E-state index is 0.347. The second kappa shape index (κ2) is 4.33. The fraction of sp³-hybridized carbons (Fsp3) is 0.417. The van der Waals surface area contributed by atoms with E-state index in [1.54, 1.807) is 0 Å². The van der Waals surface area contributed by atoms with Crippen LogP contribution >= 0.6 is 0 Å². The van der Waals surface area contributed by atoms with E-state index in [0.717, 1.165) is 30.9 Å². The molecule has 0 amide bonds. The summed E-state index contributed by atoms with van der Waals surface area (Å²) in [5, 5.41) is 12.3. The van der Waals surface area contributed by atoms with Gasteiger partial charge in [-0.2, -0.15) is 5.26 Å². The number of nitriles is 1. The van der Waals surface area contributed by atoms with Crippen LogP contribution in [-0.2, 0) is 4.74 Å². The van der Waals surface area contributed by atoms with Crippen molar-refractivity contribution in [1.82, 2.24) is 0 Å². The molecule has 78 valence electrons. The van der Waals surface area contributed by atoms with Crippen LogP contribution in [0.4, 0.5) is 5.69 Å². The highest BCUT2D eigenvalue weighted by Crippen LogP contribution is 2.19. The number of aryl methyl sites for hydroxylation is 1. The van der Waals surface area contributed by atoms with Crippen molar-refractivity contribution in [2.75, 3.05) is 18.5 Å². The minimum Gasteiger partial charge on any atom is -0.379 e. The zero-order chi connectivity index (χ0) is 10.7. The Morgan fingerprint density at radius 2 is 2.40 bits per heavy atom. The Balaban J connectivity index is 2.16. The predicted molar refractivity (Wildman–Crippen MR) is 58.7 cm³/mol. The van der Waals surface area contributed by atoms with Crippen LogP contribution in [0.5, 0.6) is 0 Å². The smallest absolute Gasteiger partial charge is 0.101 e. The maximum atomic E-state index is 9.00. The average molecular weight is 202 g/mol. The fourth-order valence-electron chi connectivity index (χ4n) is 1.74. The summed E-state index contributed by atoms with van der Waals surface area (Å²) < 4.78 is 5.28. The van der Waals surface area contributed by atoms with E-state index in [0.29, 0.717) is 11.6 Å². The van der Waals surface area contributed by atoms with Gasteiger partial charge in [-0.25, -0.2) is 0 Å². The summed E-state index contributed by atoms with van der Waals surface area (Å²) in [5.74, 6) is 0. The van der Waals surface area contributed by atoms with Crippen molar-refractivity contribution < 1.29 is 4.74 Å². The van der Waals surface area contributed by atoms with E-state index >= 15 is 0 Å². The molecule has 1 unspecified atom stereocenters. The third kappa shape index (κ3) is 2.28. The quantitative estimate of drug-likeness (QED) is 0.798. The molecule has 0 aliphatic carbocycles. The van der Waals surface area contributed by atoms with Crippen LogP contribution in [0.25, 0.3) is 0 Å². The van der Waals surface area contributed by atoms with Crippen molar-refractivity contribution in [2.45, 2.75) is 19.4 Å². The van der Waals surface area contributed by atoms with Crippen molar-refractivity contribution in [3.8, 4) is 6.07 Å². The number of rotatable bonds is 2. The molecule has 1 aliphatic heterocycles. The molecule has 0 saturated carbocycles. The van der Waals surface area contributed by atoms with Gasteiger partial charge in [0.15, 0.2) is 0 Å². The molecular weight excluding hydrogens is 188 g/mol. The molecule has 1 N–H and O–H groups in total. The monoisotopic (exact) mass is 202 g/mol. The Morgan fingerprint density at radius 3 is 3.07 bits per heavy atom. The summed E-state index contributed by atoms with van der Waals surface area (Å²) >= 11 is 0. The lowest BCUT2D eigenvalue weighted by Gasteiger charge is -2.13. The molecule has 1 fully saturated rings. The number of nitrogens with one attached hydrogen (secondary N) is 1. The van der Waals surface area contributed by atoms with Gasteiger partial charge in [0.05, 0.1) is 23.9 Å². The van der Waals surface area contributed by atoms with Gasteiger partial charge in [0.25, 0.3) is 0 Å². The lowest BCUT2D eigenvalue weighted by atomic mass is 10.1. The summed E-state index contributed by atoms with van der Waals surface area (Å²) in [7, 11) is 0. The van der Waals surface area contributed by atoms with Crippen molar-refractivity contribution in [1.29, 1.82) is 5.26 Å². The molecule has 1 aromatic carbocycles. The van der Waals surface area contributed by atoms with E-state index in [1.807, 2.05) is 25.1 Å². The lowest BCUT2D eigenvalue weighted by molar-refractivity contribution is 0.195. The zero-order valence-corrected chi connectivity index (χ0v) is 8.79. The third-order valence-electron chi connectivity index (χ3n) is 2.58. The molecule has 3 heteroatoms. The molecule has 15 heavy (non-hydrogen) atoms. The molecule has 1 aliphatic rings. The Bertz CT molecular complexity index is 389. The molecule has 0 spiro atoms. The molecule has 0 radical (unpaired) electrons. The van der Waals surface area contributed by atoms with E-state index in [2.05, 4.69) is 11.4 Å². The second-order valence-electron chi connectivity index (χ2n) is 3.87. The number of nitrogens with zero attached hydrogens (tertiary/aromatic N) is 1. The first-order valence-corrected chi connectivity index (χ1v) is 5.14. The van der Waals surface area contributed by atoms with E-state index in [1.165, 1.54) is 0 Å². The summed E-state index contributed by atoms with van der Waals surface area (Å²) in [6, 6.07) is 8.43. The number of anilines is 1. The first-order valence-electron chi connectivity index (χ1n) is 5.14. The summed E-state index contributed by atoms with van der Waals surface area (Å²) in [6.45, 7) is 3.54. The van der Waals surface area contributed by atoms with Crippen LogP contribution in [0.15, 0.2) is 18.2 Å². The molecule has 1 saturated heterocycles. The number of hydrogen-bond acceptors (Lipinski definition) is 3. The summed E-state index contributed by atoms with van der Waals surface area (Å²) in [6.07, 6.45) is 1.01. The van der Waals surface area contributed by atoms with Crippen molar-refractivity contribution in [3.05, 3.63) is 29.3 Å². The van der Waals surface area contributed by atoms with Crippen LogP contribution in [0.2, 0.25) is 0 Å². The first-order chi connectivity index (χ1) is 7.29. The number of benzene rings is 1. The standard InChI is InChI=1S/C12H14N2O/c1-9-2-3-12(10(6-9)7-13)14-11-4-5-15-8-11/h2-3,6,11,14H,4-5,8H2,1H3. The Kier molecular flexibility index (Phi) is 2.89. The van der Waals surface area contributed by atoms with Crippen molar-refractivity contribution in [3.63, 3.8) is 0 Å². The highest BCUT2D eigenvalue weighted by molar-refractivity contribution is 5.59. The van der Waals surface area contributed by atoms with Gasteiger partial charge in [0.1, 0.15) is 6.07 Å². The Hall–Kier alpha value is -1.53. The van der Waals surface area contributed by atoms with Gasteiger partial charge in [-0.05, 0) is 31.0 Å². The van der Waals surface area contributed by atoms with E-state index in [9.17, 15) is 0 Å². The maximum absolute atomic E-state index is 9.00. The largest absolute Gasteiger partial charge is 0.379 e. The van der Waals surface area contributed by atoms with E-state index in [-0.39, 0.29) is 0 Å². The topological polar surface area (TPSA) is 45.0 Å². The van der Waals surface area contributed by atoms with Gasteiger partial charge in [-0.1, -0.05) is 6.07 Å². The molecular formula is C12H14N2O. The average Bonchev–Trinajstić information content (AvgIpc) is 2.73. The molecule has 0 aromatic heterocycles. The van der Waals surface area contributed by atoms with Crippen LogP contribution < -0.4 is 5.32 Å². The number of hydrogen-bond donors (Lipinski definition) is 1. The highest BCUT2D eigenvalue weighted by Gasteiger charge is 2.16. The van der Waals surface area contributed by atoms with Crippen LogP contribution in [0.3, 0.4) is 0 Å². The summed E-state index contributed by atoms with van der Waals surface area (Å²) in [5.41, 5.74) is 2.74. The second-order valence-corrected chi connectivity index (χ2v) is 3.87. The molecule has 0 bridgehead atoms. The highest BCUT2D eigenvalue weighted by atomic mass is 16.5. The zero-order valence-electron chi connectivity index (χ0n) is 8.79. The third-order valence-corrected chi connectivity index (χ3v) is 2.58. The predicted octanol–water partition coefficient (Wildman–Crippen LogP) is 2.07. The van der Waals surface area contributed by atoms with Gasteiger partial charge in [0.2, 0.25) is 0 Å². The molecule has 1 heterocycles. The fourth-order valence-corrected chi connectivity index (χ4v) is 1.74. The number of ether oxygens (including phenoxy) is 1. The lowest BCUT2D eigenvalue weighted by Crippen LogP contribution is -2.19. The Morgan fingerprint density at radius 1 is 1.53 bits per heavy atom. The van der Waals surface area contributed by atoms with Gasteiger partial charge in [0, 0.05) is 6.61 Å². The van der Waals surface area contributed by atoms with E-state index in [4.69, 9.17) is 10.00 Å². The molecule has 2 rings (SSSR count). The summed E-state index contributed by atoms with van der Waals surface area (Å²) in [4.78, 5) is 0. The normalized spacial score (nSPS) is 19.9. The van der Waals surface area contributed by atoms with Crippen molar-refractivity contribution in [2.24, 2.45) is 0 Å². The van der Waals surface area contributed by atoms with E-state index < -0.39 is 0 Å². The maximum Gasteiger partial charge on any atom is 0.101 e. The minimum absolute atomic E-state index is 0.347. The SMILES string of the molecule is Cc1ccc(NC2CCOC2)c(C#N)c1. The molecule has 1 atom stereocenters. The van der Waals surface area contributed by atoms with Crippen LogP contribution in [0, 0.1) is 18.3 Å². The van der Waals surface area contributed by atoms with Crippen molar-refractivity contribution >= 4 is 5.69 Å². The van der Waals surface area contributed by atoms with Gasteiger partial charge in [-0.15, -0.1) is 0 Å².